The molecular weight excluding hydrogens is 182 g/mol. The summed E-state index contributed by atoms with van der Waals surface area (Å²) in [4.78, 5) is 13.9. The minimum absolute atomic E-state index is 0.0793. The first kappa shape index (κ1) is 8.68. The maximum Gasteiger partial charge on any atom is 0.225 e. The van der Waals surface area contributed by atoms with Crippen molar-refractivity contribution in [1.29, 1.82) is 0 Å². The minimum atomic E-state index is 0.0793. The number of nitrogens with zero attached hydrogens (tertiary/aromatic N) is 1. The Balaban J connectivity index is 1.87. The van der Waals surface area contributed by atoms with E-state index in [-0.39, 0.29) is 36.1 Å². The predicted molar refractivity (Wildman–Crippen MR) is 48.7 cm³/mol. The van der Waals surface area contributed by atoms with E-state index in [1.165, 1.54) is 0 Å². The summed E-state index contributed by atoms with van der Waals surface area (Å²) in [6, 6.07) is 0.377. The monoisotopic (exact) mass is 197 g/mol. The van der Waals surface area contributed by atoms with Crippen LogP contribution in [0.5, 0.6) is 0 Å². The molecule has 0 aromatic rings. The lowest BCUT2D eigenvalue weighted by molar-refractivity contribution is -0.148. The quantitative estimate of drug-likeness (QED) is 0.595. The molecule has 3 unspecified atom stereocenters. The van der Waals surface area contributed by atoms with Gasteiger partial charge in [-0.1, -0.05) is 13.8 Å². The summed E-state index contributed by atoms with van der Waals surface area (Å²) < 4.78 is 11.2. The highest BCUT2D eigenvalue weighted by Crippen LogP contribution is 2.41. The molecule has 3 saturated heterocycles. The molecule has 0 saturated carbocycles. The van der Waals surface area contributed by atoms with E-state index >= 15 is 0 Å². The van der Waals surface area contributed by atoms with Crippen LogP contribution in [0.15, 0.2) is 0 Å². The SMILES string of the molecule is CC(C)C(=O)N1C2CO[C@@H]3C2OCC31. The van der Waals surface area contributed by atoms with E-state index in [1.807, 2.05) is 18.7 Å². The van der Waals surface area contributed by atoms with Crippen LogP contribution in [0.3, 0.4) is 0 Å². The first-order chi connectivity index (χ1) is 6.70. The standard InChI is InChI=1S/C10H15NO3/c1-5(2)10(12)11-6-3-13-9-7(11)4-14-8(6)9/h5-9H,3-4H2,1-2H3/t6?,7?,8-,9?/m0/s1. The zero-order valence-corrected chi connectivity index (χ0v) is 8.47. The zero-order valence-electron chi connectivity index (χ0n) is 8.47. The molecule has 0 aromatic carbocycles. The van der Waals surface area contributed by atoms with Gasteiger partial charge in [0.2, 0.25) is 5.91 Å². The Morgan fingerprint density at radius 2 is 1.71 bits per heavy atom. The molecule has 1 amide bonds. The lowest BCUT2D eigenvalue weighted by Crippen LogP contribution is -2.53. The molecule has 4 heteroatoms. The number of rotatable bonds is 1. The summed E-state index contributed by atoms with van der Waals surface area (Å²) in [6.45, 7) is 5.21. The topological polar surface area (TPSA) is 38.8 Å². The van der Waals surface area contributed by atoms with Crippen LogP contribution in [0, 0.1) is 5.92 Å². The number of hydrogen-bond donors (Lipinski definition) is 0. The normalized spacial score (nSPS) is 44.1. The third-order valence-corrected chi connectivity index (χ3v) is 3.46. The van der Waals surface area contributed by atoms with Crippen molar-refractivity contribution in [1.82, 2.24) is 4.90 Å². The fourth-order valence-electron chi connectivity index (χ4n) is 2.81. The zero-order chi connectivity index (χ0) is 9.87. The van der Waals surface area contributed by atoms with E-state index in [9.17, 15) is 4.79 Å². The Bertz CT molecular complexity index is 261. The van der Waals surface area contributed by atoms with Gasteiger partial charge in [-0.25, -0.2) is 0 Å². The van der Waals surface area contributed by atoms with Crippen LogP contribution >= 0.6 is 0 Å². The van der Waals surface area contributed by atoms with Crippen molar-refractivity contribution in [2.75, 3.05) is 13.2 Å². The molecule has 3 aliphatic heterocycles. The maximum atomic E-state index is 11.9. The predicted octanol–water partition coefficient (Wildman–Crippen LogP) is 0.0194. The van der Waals surface area contributed by atoms with Crippen molar-refractivity contribution < 1.29 is 14.3 Å². The lowest BCUT2D eigenvalue weighted by atomic mass is 10.1. The molecule has 0 aromatic heterocycles. The van der Waals surface area contributed by atoms with Gasteiger partial charge in [0.15, 0.2) is 0 Å². The Morgan fingerprint density at radius 3 is 2.14 bits per heavy atom. The fourth-order valence-corrected chi connectivity index (χ4v) is 2.81. The van der Waals surface area contributed by atoms with E-state index in [0.717, 1.165) is 0 Å². The average Bonchev–Trinajstić information content (AvgIpc) is 2.80. The second-order valence-electron chi connectivity index (χ2n) is 4.63. The minimum Gasteiger partial charge on any atom is -0.371 e. The molecule has 78 valence electrons. The summed E-state index contributed by atoms with van der Waals surface area (Å²) in [5.41, 5.74) is 0. The van der Waals surface area contributed by atoms with Gasteiger partial charge < -0.3 is 14.4 Å². The molecular formula is C10H15NO3. The summed E-state index contributed by atoms with van der Waals surface area (Å²) >= 11 is 0. The number of carbonyl (C=O) groups excluding carboxylic acids is 1. The van der Waals surface area contributed by atoms with Crippen LogP contribution in [-0.4, -0.2) is 48.3 Å². The highest BCUT2D eigenvalue weighted by atomic mass is 16.6. The molecule has 4 bridgehead atoms. The number of carbonyl (C=O) groups is 1. The van der Waals surface area contributed by atoms with Gasteiger partial charge in [-0.2, -0.15) is 0 Å². The molecule has 0 aliphatic carbocycles. The molecule has 3 aliphatic rings. The van der Waals surface area contributed by atoms with Crippen LogP contribution in [0.25, 0.3) is 0 Å². The van der Waals surface area contributed by atoms with Gasteiger partial charge in [0, 0.05) is 5.92 Å². The van der Waals surface area contributed by atoms with Crippen molar-refractivity contribution in [2.45, 2.75) is 38.1 Å². The third-order valence-electron chi connectivity index (χ3n) is 3.46. The van der Waals surface area contributed by atoms with Crippen molar-refractivity contribution in [3.63, 3.8) is 0 Å². The number of amides is 1. The van der Waals surface area contributed by atoms with Gasteiger partial charge >= 0.3 is 0 Å². The van der Waals surface area contributed by atoms with Gasteiger partial charge in [0.25, 0.3) is 0 Å². The second kappa shape index (κ2) is 2.70. The third kappa shape index (κ3) is 0.880. The molecule has 0 spiro atoms. The molecule has 3 fully saturated rings. The molecule has 4 atom stereocenters. The first-order valence-electron chi connectivity index (χ1n) is 5.25. The van der Waals surface area contributed by atoms with Gasteiger partial charge in [-0.3, -0.25) is 4.79 Å². The molecule has 3 rings (SSSR count). The Morgan fingerprint density at radius 1 is 1.21 bits per heavy atom. The van der Waals surface area contributed by atoms with Gasteiger partial charge in [-0.15, -0.1) is 0 Å². The Kier molecular flexibility index (Phi) is 1.67. The number of ether oxygens (including phenoxy) is 2. The van der Waals surface area contributed by atoms with Crippen molar-refractivity contribution in [3.8, 4) is 0 Å². The lowest BCUT2D eigenvalue weighted by Gasteiger charge is -2.37. The van der Waals surface area contributed by atoms with E-state index in [4.69, 9.17) is 9.47 Å². The van der Waals surface area contributed by atoms with Crippen LogP contribution in [0.4, 0.5) is 0 Å². The van der Waals surface area contributed by atoms with Gasteiger partial charge in [0.1, 0.15) is 12.2 Å². The molecule has 0 radical (unpaired) electrons. The Hall–Kier alpha value is -0.610. The van der Waals surface area contributed by atoms with Crippen molar-refractivity contribution >= 4 is 5.91 Å². The fraction of sp³-hybridized carbons (Fsp3) is 0.900. The van der Waals surface area contributed by atoms with E-state index in [1.54, 1.807) is 0 Å². The van der Waals surface area contributed by atoms with Crippen LogP contribution in [-0.2, 0) is 14.3 Å². The smallest absolute Gasteiger partial charge is 0.225 e. The highest BCUT2D eigenvalue weighted by Gasteiger charge is 2.61. The number of morpholine rings is 2. The second-order valence-corrected chi connectivity index (χ2v) is 4.63. The molecule has 4 nitrogen and oxygen atoms in total. The molecule has 14 heavy (non-hydrogen) atoms. The molecule has 3 heterocycles. The largest absolute Gasteiger partial charge is 0.371 e. The number of likely N-dealkylation sites (tertiary alicyclic amines) is 1. The first-order valence-corrected chi connectivity index (χ1v) is 5.25. The van der Waals surface area contributed by atoms with Crippen molar-refractivity contribution in [3.05, 3.63) is 0 Å². The van der Waals surface area contributed by atoms with Crippen molar-refractivity contribution in [2.24, 2.45) is 5.92 Å². The average molecular weight is 197 g/mol. The number of hydrogen-bond acceptors (Lipinski definition) is 3. The highest BCUT2D eigenvalue weighted by molar-refractivity contribution is 5.79. The summed E-state index contributed by atoms with van der Waals surface area (Å²) in [5.74, 6) is 0.328. The van der Waals surface area contributed by atoms with Crippen LogP contribution in [0.2, 0.25) is 0 Å². The maximum absolute atomic E-state index is 11.9. The summed E-state index contributed by atoms with van der Waals surface area (Å²) in [5, 5.41) is 0. The Labute approximate surface area is 83.2 Å². The summed E-state index contributed by atoms with van der Waals surface area (Å²) in [7, 11) is 0. The van der Waals surface area contributed by atoms with Crippen LogP contribution in [0.1, 0.15) is 13.8 Å². The summed E-state index contributed by atoms with van der Waals surface area (Å²) in [6.07, 6.45) is 0.311. The van der Waals surface area contributed by atoms with Gasteiger partial charge in [0.05, 0.1) is 25.3 Å². The van der Waals surface area contributed by atoms with E-state index < -0.39 is 0 Å². The molecule has 0 N–H and O–H groups in total. The van der Waals surface area contributed by atoms with Crippen LogP contribution < -0.4 is 0 Å². The van der Waals surface area contributed by atoms with E-state index in [2.05, 4.69) is 0 Å². The van der Waals surface area contributed by atoms with Gasteiger partial charge in [-0.05, 0) is 0 Å². The van der Waals surface area contributed by atoms with E-state index in [0.29, 0.717) is 13.2 Å².